The zero-order valence-corrected chi connectivity index (χ0v) is 20.6. The summed E-state index contributed by atoms with van der Waals surface area (Å²) in [5, 5.41) is 6.27. The van der Waals surface area contributed by atoms with Gasteiger partial charge in [-0.1, -0.05) is 18.2 Å². The van der Waals surface area contributed by atoms with Crippen LogP contribution in [0.4, 0.5) is 5.00 Å². The van der Waals surface area contributed by atoms with E-state index in [4.69, 9.17) is 0 Å². The highest BCUT2D eigenvalue weighted by molar-refractivity contribution is 7.89. The second kappa shape index (κ2) is 10.0. The SMILES string of the molecule is CN(C)S(=O)(=O)c1ccccc1CNC(=O)c1c(NC(=O)c2cccnc2)sc2c1CCCC2. The van der Waals surface area contributed by atoms with E-state index in [2.05, 4.69) is 15.6 Å². The lowest BCUT2D eigenvalue weighted by Gasteiger charge is -2.16. The fourth-order valence-electron chi connectivity index (χ4n) is 3.93. The topological polar surface area (TPSA) is 108 Å². The Morgan fingerprint density at radius 3 is 2.56 bits per heavy atom. The molecule has 2 heterocycles. The van der Waals surface area contributed by atoms with Crippen LogP contribution in [0.3, 0.4) is 0 Å². The molecule has 0 atom stereocenters. The number of nitrogens with one attached hydrogen (secondary N) is 2. The van der Waals surface area contributed by atoms with E-state index in [-0.39, 0.29) is 23.3 Å². The summed E-state index contributed by atoms with van der Waals surface area (Å²) in [4.78, 5) is 31.3. The van der Waals surface area contributed by atoms with Crippen molar-refractivity contribution < 1.29 is 18.0 Å². The molecule has 8 nitrogen and oxygen atoms in total. The summed E-state index contributed by atoms with van der Waals surface area (Å²) in [6, 6.07) is 9.96. The molecule has 0 saturated carbocycles. The molecule has 2 amide bonds. The number of carbonyl (C=O) groups is 2. The first kappa shape index (κ1) is 24.1. The van der Waals surface area contributed by atoms with Crippen LogP contribution < -0.4 is 10.6 Å². The molecule has 178 valence electrons. The number of aromatic nitrogens is 1. The van der Waals surface area contributed by atoms with Gasteiger partial charge in [0.25, 0.3) is 11.8 Å². The molecule has 3 aromatic rings. The van der Waals surface area contributed by atoms with Crippen molar-refractivity contribution in [2.45, 2.75) is 37.1 Å². The minimum Gasteiger partial charge on any atom is -0.348 e. The maximum Gasteiger partial charge on any atom is 0.257 e. The van der Waals surface area contributed by atoms with Crippen LogP contribution in [-0.2, 0) is 29.4 Å². The number of amides is 2. The largest absolute Gasteiger partial charge is 0.348 e. The van der Waals surface area contributed by atoms with Crippen molar-refractivity contribution in [3.8, 4) is 0 Å². The van der Waals surface area contributed by atoms with Crippen molar-refractivity contribution in [3.05, 3.63) is 75.9 Å². The van der Waals surface area contributed by atoms with Gasteiger partial charge in [0.05, 0.1) is 16.0 Å². The fraction of sp³-hybridized carbons (Fsp3) is 0.292. The molecule has 0 saturated heterocycles. The van der Waals surface area contributed by atoms with Gasteiger partial charge in [-0.3, -0.25) is 14.6 Å². The van der Waals surface area contributed by atoms with E-state index in [1.807, 2.05) is 0 Å². The third-order valence-electron chi connectivity index (χ3n) is 5.72. The van der Waals surface area contributed by atoms with E-state index in [1.165, 1.54) is 37.7 Å². The average molecular weight is 499 g/mol. The first-order valence-corrected chi connectivity index (χ1v) is 13.2. The lowest BCUT2D eigenvalue weighted by Crippen LogP contribution is -2.28. The summed E-state index contributed by atoms with van der Waals surface area (Å²) in [7, 11) is -0.714. The number of aryl methyl sites for hydroxylation is 1. The van der Waals surface area contributed by atoms with Crippen molar-refractivity contribution in [3.63, 3.8) is 0 Å². The zero-order valence-electron chi connectivity index (χ0n) is 19.0. The summed E-state index contributed by atoms with van der Waals surface area (Å²) in [5.41, 5.74) is 2.33. The van der Waals surface area contributed by atoms with Gasteiger partial charge in [-0.2, -0.15) is 0 Å². The third kappa shape index (κ3) is 4.89. The number of thiophene rings is 1. The zero-order chi connectivity index (χ0) is 24.3. The first-order valence-electron chi connectivity index (χ1n) is 10.9. The van der Waals surface area contributed by atoms with Crippen molar-refractivity contribution in [1.29, 1.82) is 0 Å². The highest BCUT2D eigenvalue weighted by Gasteiger charge is 2.27. The number of pyridine rings is 1. The Morgan fingerprint density at radius 1 is 1.06 bits per heavy atom. The number of hydrogen-bond donors (Lipinski definition) is 2. The Hall–Kier alpha value is -3.08. The fourth-order valence-corrected chi connectivity index (χ4v) is 6.33. The number of fused-ring (bicyclic) bond motifs is 1. The molecule has 0 spiro atoms. The molecule has 0 fully saturated rings. The van der Waals surface area contributed by atoms with Crippen molar-refractivity contribution in [1.82, 2.24) is 14.6 Å². The van der Waals surface area contributed by atoms with Crippen molar-refractivity contribution >= 4 is 38.2 Å². The van der Waals surface area contributed by atoms with Crippen LogP contribution in [-0.4, -0.2) is 43.6 Å². The predicted molar refractivity (Wildman–Crippen MR) is 132 cm³/mol. The van der Waals surface area contributed by atoms with Crippen LogP contribution in [0.1, 0.15) is 49.6 Å². The Kier molecular flexibility index (Phi) is 7.11. The summed E-state index contributed by atoms with van der Waals surface area (Å²) < 4.78 is 26.5. The maximum absolute atomic E-state index is 13.4. The van der Waals surface area contributed by atoms with Gasteiger partial charge in [-0.05, 0) is 55.0 Å². The summed E-state index contributed by atoms with van der Waals surface area (Å²) >= 11 is 1.43. The van der Waals surface area contributed by atoms with E-state index in [0.29, 0.717) is 21.7 Å². The van der Waals surface area contributed by atoms with Gasteiger partial charge in [0.15, 0.2) is 0 Å². The first-order chi connectivity index (χ1) is 16.3. The highest BCUT2D eigenvalue weighted by Crippen LogP contribution is 2.38. The van der Waals surface area contributed by atoms with Gasteiger partial charge >= 0.3 is 0 Å². The van der Waals surface area contributed by atoms with E-state index in [0.717, 1.165) is 40.4 Å². The number of benzene rings is 1. The molecule has 0 bridgehead atoms. The van der Waals surface area contributed by atoms with E-state index >= 15 is 0 Å². The molecule has 1 aromatic carbocycles. The minimum absolute atomic E-state index is 0.0443. The number of sulfonamides is 1. The van der Waals surface area contributed by atoms with Crippen LogP contribution in [0.2, 0.25) is 0 Å². The predicted octanol–water partition coefficient (Wildman–Crippen LogP) is 3.45. The molecule has 4 rings (SSSR count). The summed E-state index contributed by atoms with van der Waals surface area (Å²) in [6.45, 7) is 0.0443. The molecule has 1 aliphatic rings. The summed E-state index contributed by atoms with van der Waals surface area (Å²) in [6.07, 6.45) is 6.72. The van der Waals surface area contributed by atoms with E-state index < -0.39 is 10.0 Å². The van der Waals surface area contributed by atoms with E-state index in [1.54, 1.807) is 36.5 Å². The molecule has 10 heteroatoms. The van der Waals surface area contributed by atoms with Crippen LogP contribution >= 0.6 is 11.3 Å². The normalized spacial score (nSPS) is 13.4. The smallest absolute Gasteiger partial charge is 0.257 e. The lowest BCUT2D eigenvalue weighted by molar-refractivity contribution is 0.0950. The quantitative estimate of drug-likeness (QED) is 0.519. The number of carbonyl (C=O) groups excluding carboxylic acids is 2. The van der Waals surface area contributed by atoms with Crippen molar-refractivity contribution in [2.24, 2.45) is 0 Å². The molecule has 34 heavy (non-hydrogen) atoms. The van der Waals surface area contributed by atoms with Crippen LogP contribution in [0.25, 0.3) is 0 Å². The molecular formula is C24H26N4O4S2. The van der Waals surface area contributed by atoms with Crippen LogP contribution in [0, 0.1) is 0 Å². The van der Waals surface area contributed by atoms with Gasteiger partial charge in [0.1, 0.15) is 5.00 Å². The van der Waals surface area contributed by atoms with Gasteiger partial charge in [0.2, 0.25) is 10.0 Å². The Morgan fingerprint density at radius 2 is 1.82 bits per heavy atom. The van der Waals surface area contributed by atoms with Gasteiger partial charge in [-0.15, -0.1) is 11.3 Å². The Bertz CT molecular complexity index is 1320. The number of nitrogens with zero attached hydrogens (tertiary/aromatic N) is 2. The number of anilines is 1. The molecule has 1 aliphatic carbocycles. The monoisotopic (exact) mass is 498 g/mol. The van der Waals surface area contributed by atoms with Crippen LogP contribution in [0.15, 0.2) is 53.7 Å². The molecular weight excluding hydrogens is 472 g/mol. The van der Waals surface area contributed by atoms with Gasteiger partial charge < -0.3 is 10.6 Å². The second-order valence-electron chi connectivity index (χ2n) is 8.19. The molecule has 0 radical (unpaired) electrons. The summed E-state index contributed by atoms with van der Waals surface area (Å²) in [5.74, 6) is -0.666. The average Bonchev–Trinajstić information content (AvgIpc) is 3.21. The second-order valence-corrected chi connectivity index (χ2v) is 11.4. The van der Waals surface area contributed by atoms with Crippen LogP contribution in [0.5, 0.6) is 0 Å². The minimum atomic E-state index is -3.66. The Balaban J connectivity index is 1.61. The maximum atomic E-state index is 13.4. The van der Waals surface area contributed by atoms with Gasteiger partial charge in [0, 0.05) is 37.9 Å². The number of rotatable bonds is 7. The molecule has 0 unspecified atom stereocenters. The third-order valence-corrected chi connectivity index (χ3v) is 8.84. The number of hydrogen-bond acceptors (Lipinski definition) is 6. The van der Waals surface area contributed by atoms with Gasteiger partial charge in [-0.25, -0.2) is 12.7 Å². The molecule has 2 N–H and O–H groups in total. The standard InChI is InChI=1S/C24H26N4O4S2/c1-28(2)34(31,32)20-12-6-3-8-16(20)15-26-23(30)21-18-10-4-5-11-19(18)33-24(21)27-22(29)17-9-7-13-25-14-17/h3,6-9,12-14H,4-5,10-11,15H2,1-2H3,(H,26,30)(H,27,29). The van der Waals surface area contributed by atoms with Crippen molar-refractivity contribution in [2.75, 3.05) is 19.4 Å². The molecule has 0 aliphatic heterocycles. The lowest BCUT2D eigenvalue weighted by atomic mass is 9.95. The highest BCUT2D eigenvalue weighted by atomic mass is 32.2. The van der Waals surface area contributed by atoms with E-state index in [9.17, 15) is 18.0 Å². The Labute approximate surface area is 203 Å². The molecule has 2 aromatic heterocycles.